The van der Waals surface area contributed by atoms with Gasteiger partial charge in [0.2, 0.25) is 0 Å². The zero-order valence-corrected chi connectivity index (χ0v) is 15.0. The van der Waals surface area contributed by atoms with Crippen LogP contribution >= 0.6 is 11.6 Å². The smallest absolute Gasteiger partial charge is 0.253 e. The molecule has 1 saturated heterocycles. The topological polar surface area (TPSA) is 38.8 Å². The molecule has 1 amide bonds. The van der Waals surface area contributed by atoms with E-state index >= 15 is 0 Å². The van der Waals surface area contributed by atoms with E-state index in [1.807, 2.05) is 41.3 Å². The third kappa shape index (κ3) is 4.74. The summed E-state index contributed by atoms with van der Waals surface area (Å²) in [5, 5.41) is 0.709. The summed E-state index contributed by atoms with van der Waals surface area (Å²) in [6.45, 7) is 1.89. The SMILES string of the molecule is COc1ccc(C(=O)N2CCCC(OCc3cccc(Cl)c3)C2)cc1. The summed E-state index contributed by atoms with van der Waals surface area (Å²) in [5.74, 6) is 0.789. The summed E-state index contributed by atoms with van der Waals surface area (Å²) in [6, 6.07) is 14.9. The van der Waals surface area contributed by atoms with E-state index in [-0.39, 0.29) is 12.0 Å². The minimum atomic E-state index is 0.0405. The molecule has 132 valence electrons. The van der Waals surface area contributed by atoms with Gasteiger partial charge in [-0.15, -0.1) is 0 Å². The zero-order valence-electron chi connectivity index (χ0n) is 14.3. The van der Waals surface area contributed by atoms with E-state index in [9.17, 15) is 4.79 Å². The minimum Gasteiger partial charge on any atom is -0.497 e. The molecule has 25 heavy (non-hydrogen) atoms. The van der Waals surface area contributed by atoms with E-state index in [2.05, 4.69) is 0 Å². The fourth-order valence-electron chi connectivity index (χ4n) is 3.02. The first-order valence-corrected chi connectivity index (χ1v) is 8.83. The monoisotopic (exact) mass is 359 g/mol. The first-order valence-electron chi connectivity index (χ1n) is 8.45. The Hall–Kier alpha value is -2.04. The number of halogens is 1. The zero-order chi connectivity index (χ0) is 17.6. The van der Waals surface area contributed by atoms with Crippen molar-refractivity contribution in [3.05, 3.63) is 64.7 Å². The number of rotatable bonds is 5. The van der Waals surface area contributed by atoms with Crippen molar-refractivity contribution in [3.63, 3.8) is 0 Å². The molecule has 1 heterocycles. The molecule has 1 unspecified atom stereocenters. The molecule has 3 rings (SSSR count). The fourth-order valence-corrected chi connectivity index (χ4v) is 3.23. The van der Waals surface area contributed by atoms with Gasteiger partial charge in [-0.2, -0.15) is 0 Å². The lowest BCUT2D eigenvalue weighted by atomic mass is 10.1. The Morgan fingerprint density at radius 1 is 1.24 bits per heavy atom. The fraction of sp³-hybridized carbons (Fsp3) is 0.350. The summed E-state index contributed by atoms with van der Waals surface area (Å²) < 4.78 is 11.1. The van der Waals surface area contributed by atoms with Crippen LogP contribution in [0.3, 0.4) is 0 Å². The predicted octanol–water partition coefficient (Wildman–Crippen LogP) is 4.17. The molecule has 1 aliphatic rings. The Morgan fingerprint density at radius 2 is 2.04 bits per heavy atom. The van der Waals surface area contributed by atoms with E-state index in [0.29, 0.717) is 23.7 Å². The molecule has 4 nitrogen and oxygen atoms in total. The van der Waals surface area contributed by atoms with Crippen molar-refractivity contribution >= 4 is 17.5 Å². The highest BCUT2D eigenvalue weighted by Crippen LogP contribution is 2.20. The van der Waals surface area contributed by atoms with Gasteiger partial charge in [-0.25, -0.2) is 0 Å². The van der Waals surface area contributed by atoms with Crippen LogP contribution in [0.2, 0.25) is 5.02 Å². The minimum absolute atomic E-state index is 0.0405. The maximum atomic E-state index is 12.7. The second-order valence-electron chi connectivity index (χ2n) is 6.18. The second-order valence-corrected chi connectivity index (χ2v) is 6.62. The van der Waals surface area contributed by atoms with Crippen molar-refractivity contribution in [2.45, 2.75) is 25.6 Å². The Morgan fingerprint density at radius 3 is 2.76 bits per heavy atom. The Kier molecular flexibility index (Phi) is 5.95. The molecular weight excluding hydrogens is 338 g/mol. The second kappa shape index (κ2) is 8.37. The normalized spacial score (nSPS) is 17.4. The lowest BCUT2D eigenvalue weighted by molar-refractivity contribution is -0.00672. The first kappa shape index (κ1) is 17.8. The third-order valence-electron chi connectivity index (χ3n) is 4.38. The van der Waals surface area contributed by atoms with Crippen molar-refractivity contribution < 1.29 is 14.3 Å². The van der Waals surface area contributed by atoms with E-state index in [1.54, 1.807) is 19.2 Å². The molecule has 2 aromatic rings. The van der Waals surface area contributed by atoms with Crippen molar-refractivity contribution in [2.24, 2.45) is 0 Å². The lowest BCUT2D eigenvalue weighted by Gasteiger charge is -2.32. The van der Waals surface area contributed by atoms with E-state index in [4.69, 9.17) is 21.1 Å². The van der Waals surface area contributed by atoms with Crippen LogP contribution in [-0.4, -0.2) is 37.1 Å². The molecule has 1 aliphatic heterocycles. The molecule has 0 aliphatic carbocycles. The summed E-state index contributed by atoms with van der Waals surface area (Å²) in [7, 11) is 1.61. The molecular formula is C20H22ClNO3. The maximum Gasteiger partial charge on any atom is 0.253 e. The Bertz CT molecular complexity index is 717. The lowest BCUT2D eigenvalue weighted by Crippen LogP contribution is -2.43. The van der Waals surface area contributed by atoms with Crippen LogP contribution in [0, 0.1) is 0 Å². The summed E-state index contributed by atoms with van der Waals surface area (Å²) in [5.41, 5.74) is 1.72. The number of benzene rings is 2. The van der Waals surface area contributed by atoms with Gasteiger partial charge in [0.1, 0.15) is 5.75 Å². The summed E-state index contributed by atoms with van der Waals surface area (Å²) in [4.78, 5) is 14.5. The van der Waals surface area contributed by atoms with Gasteiger partial charge in [0.25, 0.3) is 5.91 Å². The van der Waals surface area contributed by atoms with Crippen LogP contribution in [0.25, 0.3) is 0 Å². The molecule has 0 bridgehead atoms. The number of likely N-dealkylation sites (tertiary alicyclic amines) is 1. The molecule has 5 heteroatoms. The number of nitrogens with zero attached hydrogens (tertiary/aromatic N) is 1. The molecule has 0 spiro atoms. The predicted molar refractivity (Wildman–Crippen MR) is 98.2 cm³/mol. The van der Waals surface area contributed by atoms with Crippen LogP contribution in [0.15, 0.2) is 48.5 Å². The molecule has 0 aromatic heterocycles. The molecule has 0 saturated carbocycles. The molecule has 2 aromatic carbocycles. The van der Waals surface area contributed by atoms with Crippen molar-refractivity contribution in [1.29, 1.82) is 0 Å². The quantitative estimate of drug-likeness (QED) is 0.804. The van der Waals surface area contributed by atoms with Crippen molar-refractivity contribution in [2.75, 3.05) is 20.2 Å². The number of hydrogen-bond donors (Lipinski definition) is 0. The van der Waals surface area contributed by atoms with Crippen molar-refractivity contribution in [3.8, 4) is 5.75 Å². The number of piperidine rings is 1. The standard InChI is InChI=1S/C20H22ClNO3/c1-24-18-9-7-16(8-10-18)20(23)22-11-3-6-19(13-22)25-14-15-4-2-5-17(21)12-15/h2,4-5,7-10,12,19H,3,6,11,13-14H2,1H3. The van der Waals surface area contributed by atoms with Crippen LogP contribution < -0.4 is 4.74 Å². The van der Waals surface area contributed by atoms with Gasteiger partial charge in [-0.3, -0.25) is 4.79 Å². The van der Waals surface area contributed by atoms with Crippen LogP contribution in [0.5, 0.6) is 5.75 Å². The van der Waals surface area contributed by atoms with Gasteiger partial charge in [0.15, 0.2) is 0 Å². The highest BCUT2D eigenvalue weighted by atomic mass is 35.5. The average molecular weight is 360 g/mol. The van der Waals surface area contributed by atoms with E-state index in [1.165, 1.54) is 0 Å². The number of hydrogen-bond acceptors (Lipinski definition) is 3. The molecule has 1 fully saturated rings. The van der Waals surface area contributed by atoms with Gasteiger partial charge in [0, 0.05) is 23.7 Å². The van der Waals surface area contributed by atoms with Gasteiger partial charge in [0.05, 0.1) is 19.8 Å². The summed E-state index contributed by atoms with van der Waals surface area (Å²) in [6.07, 6.45) is 1.96. The molecule has 0 N–H and O–H groups in total. The van der Waals surface area contributed by atoms with E-state index < -0.39 is 0 Å². The number of methoxy groups -OCH3 is 1. The van der Waals surface area contributed by atoms with Gasteiger partial charge in [-0.05, 0) is 54.8 Å². The first-order chi connectivity index (χ1) is 12.2. The largest absolute Gasteiger partial charge is 0.497 e. The number of carbonyl (C=O) groups is 1. The van der Waals surface area contributed by atoms with E-state index in [0.717, 1.165) is 30.7 Å². The summed E-state index contributed by atoms with van der Waals surface area (Å²) >= 11 is 6.00. The Labute approximate surface area is 153 Å². The maximum absolute atomic E-state index is 12.7. The number of ether oxygens (including phenoxy) is 2. The molecule has 1 atom stereocenters. The number of carbonyl (C=O) groups excluding carboxylic acids is 1. The van der Waals surface area contributed by atoms with Crippen LogP contribution in [0.4, 0.5) is 0 Å². The third-order valence-corrected chi connectivity index (χ3v) is 4.61. The van der Waals surface area contributed by atoms with Crippen molar-refractivity contribution in [1.82, 2.24) is 4.90 Å². The van der Waals surface area contributed by atoms with Crippen LogP contribution in [0.1, 0.15) is 28.8 Å². The van der Waals surface area contributed by atoms with Gasteiger partial charge in [-0.1, -0.05) is 23.7 Å². The van der Waals surface area contributed by atoms with Gasteiger partial charge >= 0.3 is 0 Å². The molecule has 0 radical (unpaired) electrons. The average Bonchev–Trinajstić information content (AvgIpc) is 2.66. The highest BCUT2D eigenvalue weighted by Gasteiger charge is 2.25. The number of amides is 1. The Balaban J connectivity index is 1.57. The van der Waals surface area contributed by atoms with Crippen LogP contribution in [-0.2, 0) is 11.3 Å². The van der Waals surface area contributed by atoms with Gasteiger partial charge < -0.3 is 14.4 Å². The highest BCUT2D eigenvalue weighted by molar-refractivity contribution is 6.30.